The van der Waals surface area contributed by atoms with Crippen LogP contribution in [-0.2, 0) is 19.4 Å². The molecule has 0 saturated heterocycles. The van der Waals surface area contributed by atoms with E-state index in [0.717, 1.165) is 41.4 Å². The summed E-state index contributed by atoms with van der Waals surface area (Å²) in [6.45, 7) is 6.65. The predicted molar refractivity (Wildman–Crippen MR) is 70.5 cm³/mol. The van der Waals surface area contributed by atoms with Crippen LogP contribution >= 0.6 is 0 Å². The lowest BCUT2D eigenvalue weighted by Gasteiger charge is -2.08. The van der Waals surface area contributed by atoms with Crippen LogP contribution in [0.5, 0.6) is 0 Å². The van der Waals surface area contributed by atoms with Gasteiger partial charge in [-0.2, -0.15) is 4.68 Å². The summed E-state index contributed by atoms with van der Waals surface area (Å²) in [7, 11) is 0. The van der Waals surface area contributed by atoms with Gasteiger partial charge < -0.3 is 5.73 Å². The van der Waals surface area contributed by atoms with E-state index in [4.69, 9.17) is 5.73 Å². The minimum atomic E-state index is 0.506. The number of aromatic nitrogens is 4. The molecule has 5 heteroatoms. The highest BCUT2D eigenvalue weighted by atomic mass is 15.4. The number of hydrogen-bond acceptors (Lipinski definition) is 4. The van der Waals surface area contributed by atoms with E-state index >= 15 is 0 Å². The third kappa shape index (κ3) is 2.26. The van der Waals surface area contributed by atoms with Gasteiger partial charge in [0.05, 0.1) is 0 Å². The minimum absolute atomic E-state index is 0.506. The maximum Gasteiger partial charge on any atom is 0.158 e. The molecule has 0 unspecified atom stereocenters. The molecule has 2 heterocycles. The van der Waals surface area contributed by atoms with Gasteiger partial charge in [0.2, 0.25) is 0 Å². The van der Waals surface area contributed by atoms with Crippen molar-refractivity contribution < 1.29 is 0 Å². The molecule has 2 aromatic rings. The van der Waals surface area contributed by atoms with Gasteiger partial charge in [-0.15, -0.1) is 5.10 Å². The summed E-state index contributed by atoms with van der Waals surface area (Å²) in [4.78, 5) is 8.95. The Labute approximate surface area is 107 Å². The lowest BCUT2D eigenvalue weighted by atomic mass is 10.2. The molecular weight excluding hydrogens is 226 g/mol. The fourth-order valence-corrected chi connectivity index (χ4v) is 1.90. The fourth-order valence-electron chi connectivity index (χ4n) is 1.90. The van der Waals surface area contributed by atoms with Gasteiger partial charge in [-0.25, -0.2) is 9.97 Å². The Morgan fingerprint density at radius 2 is 2.06 bits per heavy atom. The van der Waals surface area contributed by atoms with Crippen LogP contribution in [0.3, 0.4) is 0 Å². The zero-order valence-electron chi connectivity index (χ0n) is 11.1. The van der Waals surface area contributed by atoms with Crippen LogP contribution < -0.4 is 5.73 Å². The molecule has 0 amide bonds. The summed E-state index contributed by atoms with van der Waals surface area (Å²) >= 11 is 0. The van der Waals surface area contributed by atoms with Crippen molar-refractivity contribution in [3.05, 3.63) is 35.0 Å². The van der Waals surface area contributed by atoms with Gasteiger partial charge in [-0.3, -0.25) is 0 Å². The quantitative estimate of drug-likeness (QED) is 0.887. The van der Waals surface area contributed by atoms with Gasteiger partial charge in [-0.05, 0) is 24.1 Å². The average molecular weight is 245 g/mol. The van der Waals surface area contributed by atoms with E-state index in [2.05, 4.69) is 35.0 Å². The molecule has 2 aromatic heterocycles. The normalized spacial score (nSPS) is 10.9. The molecule has 0 spiro atoms. The first-order valence-corrected chi connectivity index (χ1v) is 6.30. The molecule has 5 nitrogen and oxygen atoms in total. The van der Waals surface area contributed by atoms with Crippen LogP contribution in [0.1, 0.15) is 36.6 Å². The van der Waals surface area contributed by atoms with Gasteiger partial charge in [0.25, 0.3) is 0 Å². The summed E-state index contributed by atoms with van der Waals surface area (Å²) in [5.41, 5.74) is 7.72. The molecule has 0 aliphatic carbocycles. The highest BCUT2D eigenvalue weighted by Crippen LogP contribution is 2.14. The van der Waals surface area contributed by atoms with E-state index in [1.807, 2.05) is 11.6 Å². The number of nitrogens with zero attached hydrogens (tertiary/aromatic N) is 4. The second-order valence-electron chi connectivity index (χ2n) is 4.25. The molecule has 0 aliphatic heterocycles. The van der Waals surface area contributed by atoms with Crippen LogP contribution in [0.25, 0.3) is 5.82 Å². The van der Waals surface area contributed by atoms with Gasteiger partial charge >= 0.3 is 0 Å². The predicted octanol–water partition coefficient (Wildman–Crippen LogP) is 1.55. The summed E-state index contributed by atoms with van der Waals surface area (Å²) in [5, 5.41) is 4.50. The monoisotopic (exact) mass is 245 g/mol. The Bertz CT molecular complexity index is 544. The van der Waals surface area contributed by atoms with Gasteiger partial charge in [0.15, 0.2) is 11.6 Å². The van der Waals surface area contributed by atoms with E-state index in [0.29, 0.717) is 6.54 Å². The molecule has 0 saturated carbocycles. The molecule has 0 fully saturated rings. The molecular formula is C13H19N5. The molecule has 18 heavy (non-hydrogen) atoms. The second-order valence-corrected chi connectivity index (χ2v) is 4.25. The minimum Gasteiger partial charge on any atom is -0.326 e. The molecule has 0 aromatic carbocycles. The smallest absolute Gasteiger partial charge is 0.158 e. The van der Waals surface area contributed by atoms with Crippen molar-refractivity contribution in [3.8, 4) is 5.82 Å². The molecule has 0 aliphatic rings. The van der Waals surface area contributed by atoms with Crippen molar-refractivity contribution in [1.82, 2.24) is 19.7 Å². The molecule has 2 rings (SSSR count). The largest absolute Gasteiger partial charge is 0.326 e. The van der Waals surface area contributed by atoms with E-state index in [-0.39, 0.29) is 0 Å². The molecule has 0 bridgehead atoms. The lowest BCUT2D eigenvalue weighted by molar-refractivity contribution is 0.761. The van der Waals surface area contributed by atoms with E-state index in [9.17, 15) is 0 Å². The third-order valence-corrected chi connectivity index (χ3v) is 2.89. The zero-order chi connectivity index (χ0) is 13.1. The molecule has 2 N–H and O–H groups in total. The number of aryl methyl sites for hydroxylation is 3. The Morgan fingerprint density at radius 1 is 1.28 bits per heavy atom. The van der Waals surface area contributed by atoms with Crippen LogP contribution in [0.4, 0.5) is 0 Å². The number of pyridine rings is 1. The molecule has 0 radical (unpaired) electrons. The highest BCUT2D eigenvalue weighted by Gasteiger charge is 2.12. The number of nitrogens with two attached hydrogens (primary N) is 1. The molecule has 96 valence electrons. The topological polar surface area (TPSA) is 69.6 Å². The first-order chi connectivity index (χ1) is 8.69. The van der Waals surface area contributed by atoms with Crippen molar-refractivity contribution in [1.29, 1.82) is 0 Å². The van der Waals surface area contributed by atoms with Crippen molar-refractivity contribution in [2.45, 2.75) is 40.2 Å². The van der Waals surface area contributed by atoms with E-state index in [1.165, 1.54) is 0 Å². The maximum absolute atomic E-state index is 5.61. The Morgan fingerprint density at radius 3 is 2.61 bits per heavy atom. The SMILES string of the molecule is CCc1nc(CC)n(-c2ncc(CN)cc2C)n1. The zero-order valence-corrected chi connectivity index (χ0v) is 11.1. The standard InChI is InChI=1S/C13H19N5/c1-4-11-16-12(5-2)18(17-11)13-9(3)6-10(7-14)8-15-13/h6,8H,4-5,7,14H2,1-3H3. The first kappa shape index (κ1) is 12.7. The van der Waals surface area contributed by atoms with Crippen LogP contribution in [0.2, 0.25) is 0 Å². The summed E-state index contributed by atoms with van der Waals surface area (Å²) in [6.07, 6.45) is 3.47. The Balaban J connectivity index is 2.50. The first-order valence-electron chi connectivity index (χ1n) is 6.30. The van der Waals surface area contributed by atoms with E-state index < -0.39 is 0 Å². The summed E-state index contributed by atoms with van der Waals surface area (Å²) in [6, 6.07) is 2.05. The maximum atomic E-state index is 5.61. The van der Waals surface area contributed by atoms with Crippen LogP contribution in [0.15, 0.2) is 12.3 Å². The van der Waals surface area contributed by atoms with Crippen molar-refractivity contribution in [2.75, 3.05) is 0 Å². The van der Waals surface area contributed by atoms with Crippen molar-refractivity contribution >= 4 is 0 Å². The van der Waals surface area contributed by atoms with Gasteiger partial charge in [0, 0.05) is 25.6 Å². The fraction of sp³-hybridized carbons (Fsp3) is 0.462. The van der Waals surface area contributed by atoms with E-state index in [1.54, 1.807) is 6.20 Å². The lowest BCUT2D eigenvalue weighted by Crippen LogP contribution is -2.08. The van der Waals surface area contributed by atoms with Gasteiger partial charge in [0.1, 0.15) is 5.82 Å². The second kappa shape index (κ2) is 5.27. The number of hydrogen-bond donors (Lipinski definition) is 1. The Kier molecular flexibility index (Phi) is 3.72. The third-order valence-electron chi connectivity index (χ3n) is 2.89. The Hall–Kier alpha value is -1.75. The molecule has 0 atom stereocenters. The van der Waals surface area contributed by atoms with Crippen LogP contribution in [0, 0.1) is 6.92 Å². The van der Waals surface area contributed by atoms with Crippen molar-refractivity contribution in [2.24, 2.45) is 5.73 Å². The summed E-state index contributed by atoms with van der Waals surface area (Å²) in [5.74, 6) is 2.65. The summed E-state index contributed by atoms with van der Waals surface area (Å²) < 4.78 is 1.84. The number of rotatable bonds is 4. The highest BCUT2D eigenvalue weighted by molar-refractivity contribution is 5.35. The van der Waals surface area contributed by atoms with Gasteiger partial charge in [-0.1, -0.05) is 13.8 Å². The average Bonchev–Trinajstić information content (AvgIpc) is 2.81. The van der Waals surface area contributed by atoms with Crippen molar-refractivity contribution in [3.63, 3.8) is 0 Å². The van der Waals surface area contributed by atoms with Crippen LogP contribution in [-0.4, -0.2) is 19.7 Å².